The fourth-order valence-corrected chi connectivity index (χ4v) is 6.97. The minimum absolute atomic E-state index is 0.210. The van der Waals surface area contributed by atoms with Gasteiger partial charge in [0.15, 0.2) is 0 Å². The first-order valence-electron chi connectivity index (χ1n) is 12.4. The fraction of sp³-hybridized carbons (Fsp3) is 0.500. The largest absolute Gasteiger partial charge is 0.314 e. The summed E-state index contributed by atoms with van der Waals surface area (Å²) in [6.45, 7) is 1.84. The molecule has 34 heavy (non-hydrogen) atoms. The van der Waals surface area contributed by atoms with Crippen molar-refractivity contribution in [1.29, 1.82) is 0 Å². The molecule has 2 fully saturated rings. The Labute approximate surface area is 201 Å². The SMILES string of the molecule is O=S(=O)(CCCNC1CCCC1)N1CCC(c2[nH]nc3ccc(-c4cccc(F)c4)cc23)CC1. The fourth-order valence-electron chi connectivity index (χ4n) is 5.43. The molecular weight excluding hydrogens is 451 g/mol. The highest BCUT2D eigenvalue weighted by Gasteiger charge is 2.30. The lowest BCUT2D eigenvalue weighted by Gasteiger charge is -2.31. The first-order valence-corrected chi connectivity index (χ1v) is 14.1. The average molecular weight is 485 g/mol. The molecule has 2 aliphatic rings. The van der Waals surface area contributed by atoms with Crippen LogP contribution in [0.2, 0.25) is 0 Å². The van der Waals surface area contributed by atoms with E-state index in [-0.39, 0.29) is 17.5 Å². The lowest BCUT2D eigenvalue weighted by atomic mass is 9.91. The van der Waals surface area contributed by atoms with Crippen LogP contribution in [0.3, 0.4) is 0 Å². The zero-order chi connectivity index (χ0) is 23.5. The zero-order valence-corrected chi connectivity index (χ0v) is 20.3. The number of piperidine rings is 1. The van der Waals surface area contributed by atoms with Crippen LogP contribution in [0, 0.1) is 5.82 Å². The second kappa shape index (κ2) is 10.1. The number of hydrogen-bond donors (Lipinski definition) is 2. The van der Waals surface area contributed by atoms with Gasteiger partial charge in [0.1, 0.15) is 5.82 Å². The molecule has 0 radical (unpaired) electrons. The number of sulfonamides is 1. The summed E-state index contributed by atoms with van der Waals surface area (Å²) >= 11 is 0. The van der Waals surface area contributed by atoms with Gasteiger partial charge in [-0.3, -0.25) is 5.10 Å². The van der Waals surface area contributed by atoms with E-state index in [4.69, 9.17) is 0 Å². The third-order valence-electron chi connectivity index (χ3n) is 7.36. The van der Waals surface area contributed by atoms with E-state index in [9.17, 15) is 12.8 Å². The van der Waals surface area contributed by atoms with Crippen molar-refractivity contribution in [2.24, 2.45) is 0 Å². The lowest BCUT2D eigenvalue weighted by Crippen LogP contribution is -2.40. The van der Waals surface area contributed by atoms with Gasteiger partial charge in [0.25, 0.3) is 0 Å². The highest BCUT2D eigenvalue weighted by molar-refractivity contribution is 7.89. The minimum Gasteiger partial charge on any atom is -0.314 e. The quantitative estimate of drug-likeness (QED) is 0.450. The summed E-state index contributed by atoms with van der Waals surface area (Å²) in [5.74, 6) is 0.178. The Morgan fingerprint density at radius 3 is 2.56 bits per heavy atom. The number of rotatable bonds is 8. The van der Waals surface area contributed by atoms with Gasteiger partial charge in [-0.15, -0.1) is 0 Å². The molecule has 2 aromatic carbocycles. The minimum atomic E-state index is -3.23. The molecule has 0 bridgehead atoms. The molecule has 0 amide bonds. The van der Waals surface area contributed by atoms with Gasteiger partial charge >= 0.3 is 0 Å². The molecule has 2 N–H and O–H groups in total. The molecule has 8 heteroatoms. The highest BCUT2D eigenvalue weighted by Crippen LogP contribution is 2.34. The molecule has 2 heterocycles. The van der Waals surface area contributed by atoms with Crippen LogP contribution in [-0.4, -0.2) is 54.3 Å². The molecule has 0 unspecified atom stereocenters. The van der Waals surface area contributed by atoms with Gasteiger partial charge in [-0.05, 0) is 74.0 Å². The van der Waals surface area contributed by atoms with Crippen LogP contribution in [0.25, 0.3) is 22.0 Å². The number of hydrogen-bond acceptors (Lipinski definition) is 4. The summed E-state index contributed by atoms with van der Waals surface area (Å²) in [6.07, 6.45) is 7.18. The molecule has 0 atom stereocenters. The Balaban J connectivity index is 1.21. The molecule has 1 aromatic heterocycles. The van der Waals surface area contributed by atoms with Crippen molar-refractivity contribution >= 4 is 20.9 Å². The van der Waals surface area contributed by atoms with Gasteiger partial charge in [-0.2, -0.15) is 5.10 Å². The van der Waals surface area contributed by atoms with Crippen molar-refractivity contribution in [3.8, 4) is 11.1 Å². The van der Waals surface area contributed by atoms with Crippen LogP contribution >= 0.6 is 0 Å². The summed E-state index contributed by atoms with van der Waals surface area (Å²) in [5, 5.41) is 12.2. The van der Waals surface area contributed by atoms with Gasteiger partial charge < -0.3 is 5.32 Å². The van der Waals surface area contributed by atoms with Crippen molar-refractivity contribution in [3.05, 3.63) is 54.0 Å². The standard InChI is InChI=1S/C26H33FN4O2S/c27-22-6-3-5-20(17-22)21-9-10-25-24(18-21)26(30-29-25)19-11-14-31(15-12-19)34(32,33)16-4-13-28-23-7-1-2-8-23/h3,5-6,9-10,17-19,23,28H,1-2,4,7-8,11-16H2,(H,29,30). The number of halogens is 1. The maximum Gasteiger partial charge on any atom is 0.214 e. The molecule has 1 saturated heterocycles. The zero-order valence-electron chi connectivity index (χ0n) is 19.5. The van der Waals surface area contributed by atoms with E-state index in [1.54, 1.807) is 10.4 Å². The number of fused-ring (bicyclic) bond motifs is 1. The van der Waals surface area contributed by atoms with Crippen LogP contribution in [-0.2, 0) is 10.0 Å². The molecule has 1 aliphatic heterocycles. The van der Waals surface area contributed by atoms with E-state index in [0.717, 1.165) is 47.1 Å². The van der Waals surface area contributed by atoms with Gasteiger partial charge in [-0.1, -0.05) is 31.0 Å². The van der Waals surface area contributed by atoms with Crippen molar-refractivity contribution in [2.75, 3.05) is 25.4 Å². The summed E-state index contributed by atoms with van der Waals surface area (Å²) in [5.41, 5.74) is 3.70. The van der Waals surface area contributed by atoms with E-state index < -0.39 is 10.0 Å². The Bertz CT molecular complexity index is 1230. The van der Waals surface area contributed by atoms with Crippen molar-refractivity contribution in [2.45, 2.75) is 56.9 Å². The predicted molar refractivity (Wildman–Crippen MR) is 134 cm³/mol. The second-order valence-corrected chi connectivity index (χ2v) is 11.7. The summed E-state index contributed by atoms with van der Waals surface area (Å²) in [4.78, 5) is 0. The Morgan fingerprint density at radius 1 is 1.03 bits per heavy atom. The monoisotopic (exact) mass is 484 g/mol. The molecule has 182 valence electrons. The van der Waals surface area contributed by atoms with Gasteiger partial charge in [-0.25, -0.2) is 17.1 Å². The first-order chi connectivity index (χ1) is 16.5. The van der Waals surface area contributed by atoms with Crippen molar-refractivity contribution < 1.29 is 12.8 Å². The summed E-state index contributed by atoms with van der Waals surface area (Å²) in [6, 6.07) is 13.1. The Kier molecular flexibility index (Phi) is 6.99. The Morgan fingerprint density at radius 2 is 1.79 bits per heavy atom. The third-order valence-corrected chi connectivity index (χ3v) is 9.32. The molecule has 3 aromatic rings. The van der Waals surface area contributed by atoms with Crippen LogP contribution in [0.4, 0.5) is 4.39 Å². The van der Waals surface area contributed by atoms with Crippen molar-refractivity contribution in [3.63, 3.8) is 0 Å². The smallest absolute Gasteiger partial charge is 0.214 e. The van der Waals surface area contributed by atoms with Crippen LogP contribution < -0.4 is 5.32 Å². The number of nitrogens with zero attached hydrogens (tertiary/aromatic N) is 2. The Hall–Kier alpha value is -2.29. The maximum absolute atomic E-state index is 13.7. The number of aromatic amines is 1. The second-order valence-electron chi connectivity index (χ2n) is 9.66. The number of aromatic nitrogens is 2. The molecule has 1 saturated carbocycles. The number of nitrogens with one attached hydrogen (secondary N) is 2. The molecule has 6 nitrogen and oxygen atoms in total. The van der Waals surface area contributed by atoms with E-state index in [2.05, 4.69) is 21.6 Å². The van der Waals surface area contributed by atoms with Crippen LogP contribution in [0.15, 0.2) is 42.5 Å². The van der Waals surface area contributed by atoms with E-state index in [1.165, 1.54) is 37.8 Å². The molecular formula is C26H33FN4O2S. The summed E-state index contributed by atoms with van der Waals surface area (Å²) in [7, 11) is -3.23. The maximum atomic E-state index is 13.7. The first kappa shape index (κ1) is 23.5. The summed E-state index contributed by atoms with van der Waals surface area (Å²) < 4.78 is 41.1. The molecule has 5 rings (SSSR count). The van der Waals surface area contributed by atoms with E-state index >= 15 is 0 Å². The van der Waals surface area contributed by atoms with E-state index in [1.807, 2.05) is 18.2 Å². The highest BCUT2D eigenvalue weighted by atomic mass is 32.2. The van der Waals surface area contributed by atoms with E-state index in [0.29, 0.717) is 25.6 Å². The third kappa shape index (κ3) is 5.19. The predicted octanol–water partition coefficient (Wildman–Crippen LogP) is 4.80. The van der Waals surface area contributed by atoms with Gasteiger partial charge in [0.05, 0.1) is 11.3 Å². The van der Waals surface area contributed by atoms with Crippen LogP contribution in [0.5, 0.6) is 0 Å². The average Bonchev–Trinajstić information content (AvgIpc) is 3.51. The topological polar surface area (TPSA) is 78.1 Å². The normalized spacial score (nSPS) is 18.7. The number of benzene rings is 2. The van der Waals surface area contributed by atoms with Gasteiger partial charge in [0.2, 0.25) is 10.0 Å². The molecule has 1 aliphatic carbocycles. The van der Waals surface area contributed by atoms with Crippen molar-refractivity contribution in [1.82, 2.24) is 19.8 Å². The molecule has 0 spiro atoms. The van der Waals surface area contributed by atoms with Crippen LogP contribution in [0.1, 0.15) is 56.6 Å². The number of H-pyrrole nitrogens is 1. The lowest BCUT2D eigenvalue weighted by molar-refractivity contribution is 0.317. The van der Waals surface area contributed by atoms with Gasteiger partial charge in [0, 0.05) is 36.1 Å².